The maximum Gasteiger partial charge on any atom is 0.133 e. The first-order valence-electron chi connectivity index (χ1n) is 7.33. The Morgan fingerprint density at radius 3 is 2.48 bits per heavy atom. The van der Waals surface area contributed by atoms with E-state index in [9.17, 15) is 4.39 Å². The Hall–Kier alpha value is -1.97. The Balaban J connectivity index is 2.62. The highest BCUT2D eigenvalue weighted by molar-refractivity contribution is 5.68. The smallest absolute Gasteiger partial charge is 0.133 e. The summed E-state index contributed by atoms with van der Waals surface area (Å²) in [7, 11) is 0. The fourth-order valence-corrected chi connectivity index (χ4v) is 2.15. The fourth-order valence-electron chi connectivity index (χ4n) is 2.15. The van der Waals surface area contributed by atoms with Gasteiger partial charge in [-0.05, 0) is 32.4 Å². The molecule has 2 aromatic rings. The van der Waals surface area contributed by atoms with Crippen LogP contribution >= 0.6 is 0 Å². The summed E-state index contributed by atoms with van der Waals surface area (Å²) < 4.78 is 13.8. The number of halogens is 1. The van der Waals surface area contributed by atoms with Gasteiger partial charge >= 0.3 is 0 Å². The number of nitrogens with one attached hydrogen (secondary N) is 1. The Bertz CT molecular complexity index is 651. The van der Waals surface area contributed by atoms with Crippen LogP contribution in [0, 0.1) is 19.7 Å². The van der Waals surface area contributed by atoms with Gasteiger partial charge in [-0.3, -0.25) is 0 Å². The molecule has 0 atom stereocenters. The van der Waals surface area contributed by atoms with Gasteiger partial charge in [-0.25, -0.2) is 14.4 Å². The first-order valence-corrected chi connectivity index (χ1v) is 7.33. The van der Waals surface area contributed by atoms with Crippen LogP contribution in [-0.4, -0.2) is 16.5 Å². The second-order valence-electron chi connectivity index (χ2n) is 5.55. The average Bonchev–Trinajstić information content (AvgIpc) is 2.44. The van der Waals surface area contributed by atoms with Crippen molar-refractivity contribution in [1.29, 1.82) is 0 Å². The van der Waals surface area contributed by atoms with Gasteiger partial charge in [0.1, 0.15) is 17.5 Å². The minimum absolute atomic E-state index is 0.207. The SMILES string of the molecule is CCNc1nc(C(C)C)nc(-c2ccc(C)c(F)c2)c1C. The third-order valence-corrected chi connectivity index (χ3v) is 3.47. The molecule has 2 rings (SSSR count). The van der Waals surface area contributed by atoms with E-state index in [1.165, 1.54) is 0 Å². The molecule has 0 aliphatic heterocycles. The number of aromatic nitrogens is 2. The molecule has 21 heavy (non-hydrogen) atoms. The first kappa shape index (κ1) is 15.4. The standard InChI is InChI=1S/C17H22FN3/c1-6-19-17-12(5)15(20-16(21-17)10(2)3)13-8-7-11(4)14(18)9-13/h7-10H,6H2,1-5H3,(H,19,20,21). The molecule has 1 N–H and O–H groups in total. The molecule has 3 nitrogen and oxygen atoms in total. The molecule has 1 aromatic carbocycles. The lowest BCUT2D eigenvalue weighted by atomic mass is 10.0. The minimum Gasteiger partial charge on any atom is -0.370 e. The van der Waals surface area contributed by atoms with Gasteiger partial charge in [0, 0.05) is 23.6 Å². The van der Waals surface area contributed by atoms with Crippen LogP contribution in [0.5, 0.6) is 0 Å². The van der Waals surface area contributed by atoms with Gasteiger partial charge in [-0.1, -0.05) is 26.0 Å². The number of hydrogen-bond acceptors (Lipinski definition) is 3. The molecule has 0 saturated carbocycles. The van der Waals surface area contributed by atoms with Crippen LogP contribution in [0.25, 0.3) is 11.3 Å². The molecule has 1 heterocycles. The van der Waals surface area contributed by atoms with Crippen molar-refractivity contribution in [2.75, 3.05) is 11.9 Å². The Morgan fingerprint density at radius 2 is 1.90 bits per heavy atom. The van der Waals surface area contributed by atoms with Gasteiger partial charge in [0.15, 0.2) is 0 Å². The van der Waals surface area contributed by atoms with Crippen molar-refractivity contribution >= 4 is 5.82 Å². The zero-order valence-electron chi connectivity index (χ0n) is 13.3. The van der Waals surface area contributed by atoms with E-state index in [4.69, 9.17) is 0 Å². The van der Waals surface area contributed by atoms with E-state index in [1.807, 2.05) is 19.9 Å². The summed E-state index contributed by atoms with van der Waals surface area (Å²) in [6.07, 6.45) is 0. The normalized spacial score (nSPS) is 11.0. The van der Waals surface area contributed by atoms with Crippen LogP contribution in [-0.2, 0) is 0 Å². The highest BCUT2D eigenvalue weighted by Gasteiger charge is 2.15. The van der Waals surface area contributed by atoms with Gasteiger partial charge in [-0.2, -0.15) is 0 Å². The highest BCUT2D eigenvalue weighted by Crippen LogP contribution is 2.28. The van der Waals surface area contributed by atoms with Gasteiger partial charge in [0.05, 0.1) is 5.69 Å². The molecule has 0 aliphatic rings. The molecule has 0 radical (unpaired) electrons. The van der Waals surface area contributed by atoms with Gasteiger partial charge in [0.25, 0.3) is 0 Å². The predicted molar refractivity (Wildman–Crippen MR) is 85.2 cm³/mol. The van der Waals surface area contributed by atoms with Gasteiger partial charge < -0.3 is 5.32 Å². The molecule has 0 amide bonds. The lowest BCUT2D eigenvalue weighted by Crippen LogP contribution is -2.09. The second kappa shape index (κ2) is 6.20. The molecule has 0 saturated heterocycles. The monoisotopic (exact) mass is 287 g/mol. The zero-order valence-corrected chi connectivity index (χ0v) is 13.3. The largest absolute Gasteiger partial charge is 0.370 e. The van der Waals surface area contributed by atoms with Crippen LogP contribution in [0.1, 0.15) is 43.6 Å². The lowest BCUT2D eigenvalue weighted by molar-refractivity contribution is 0.619. The molecule has 112 valence electrons. The summed E-state index contributed by atoms with van der Waals surface area (Å²) in [5, 5.41) is 3.26. The second-order valence-corrected chi connectivity index (χ2v) is 5.55. The van der Waals surface area contributed by atoms with Crippen molar-refractivity contribution in [3.63, 3.8) is 0 Å². The quantitative estimate of drug-likeness (QED) is 0.902. The van der Waals surface area contributed by atoms with E-state index in [2.05, 4.69) is 29.1 Å². The van der Waals surface area contributed by atoms with Crippen LogP contribution < -0.4 is 5.32 Å². The molecule has 0 bridgehead atoms. The number of aryl methyl sites for hydroxylation is 1. The van der Waals surface area contributed by atoms with Crippen molar-refractivity contribution < 1.29 is 4.39 Å². The van der Waals surface area contributed by atoms with Crippen molar-refractivity contribution in [3.05, 3.63) is 41.0 Å². The molecule has 0 aliphatic carbocycles. The Labute approximate surface area is 125 Å². The summed E-state index contributed by atoms with van der Waals surface area (Å²) in [6, 6.07) is 5.24. The molecular formula is C17H22FN3. The third kappa shape index (κ3) is 3.20. The van der Waals surface area contributed by atoms with Crippen LogP contribution in [0.3, 0.4) is 0 Å². The van der Waals surface area contributed by atoms with Crippen LogP contribution in [0.15, 0.2) is 18.2 Å². The lowest BCUT2D eigenvalue weighted by Gasteiger charge is -2.15. The predicted octanol–water partition coefficient (Wildman–Crippen LogP) is 4.45. The zero-order chi connectivity index (χ0) is 15.6. The molecule has 0 spiro atoms. The van der Waals surface area contributed by atoms with Crippen LogP contribution in [0.2, 0.25) is 0 Å². The van der Waals surface area contributed by atoms with E-state index in [0.29, 0.717) is 5.56 Å². The summed E-state index contributed by atoms with van der Waals surface area (Å²) >= 11 is 0. The van der Waals surface area contributed by atoms with Crippen LogP contribution in [0.4, 0.5) is 10.2 Å². The average molecular weight is 287 g/mol. The van der Waals surface area contributed by atoms with E-state index >= 15 is 0 Å². The molecular weight excluding hydrogens is 265 g/mol. The minimum atomic E-state index is -0.207. The molecule has 4 heteroatoms. The summed E-state index contributed by atoms with van der Waals surface area (Å²) in [5.41, 5.74) is 3.17. The van der Waals surface area contributed by atoms with Crippen molar-refractivity contribution in [2.45, 2.75) is 40.5 Å². The van der Waals surface area contributed by atoms with E-state index in [-0.39, 0.29) is 11.7 Å². The maximum absolute atomic E-state index is 13.8. The Morgan fingerprint density at radius 1 is 1.19 bits per heavy atom. The van der Waals surface area contributed by atoms with E-state index < -0.39 is 0 Å². The molecule has 0 unspecified atom stereocenters. The van der Waals surface area contributed by atoms with E-state index in [1.54, 1.807) is 19.1 Å². The highest BCUT2D eigenvalue weighted by atomic mass is 19.1. The summed E-state index contributed by atoms with van der Waals surface area (Å²) in [6.45, 7) is 10.7. The fraction of sp³-hybridized carbons (Fsp3) is 0.412. The third-order valence-electron chi connectivity index (χ3n) is 3.47. The number of nitrogens with zero attached hydrogens (tertiary/aromatic N) is 2. The topological polar surface area (TPSA) is 37.8 Å². The van der Waals surface area contributed by atoms with E-state index in [0.717, 1.165) is 35.0 Å². The van der Waals surface area contributed by atoms with Crippen molar-refractivity contribution in [3.8, 4) is 11.3 Å². The number of anilines is 1. The van der Waals surface area contributed by atoms with Gasteiger partial charge in [-0.15, -0.1) is 0 Å². The van der Waals surface area contributed by atoms with Crippen molar-refractivity contribution in [2.24, 2.45) is 0 Å². The number of rotatable bonds is 4. The number of benzene rings is 1. The molecule has 0 fully saturated rings. The number of hydrogen-bond donors (Lipinski definition) is 1. The molecule has 1 aromatic heterocycles. The summed E-state index contributed by atoms with van der Waals surface area (Å²) in [5.74, 6) is 1.61. The van der Waals surface area contributed by atoms with Gasteiger partial charge in [0.2, 0.25) is 0 Å². The first-order chi connectivity index (χ1) is 9.93. The summed E-state index contributed by atoms with van der Waals surface area (Å²) in [4.78, 5) is 9.21. The maximum atomic E-state index is 13.8. The van der Waals surface area contributed by atoms with Crippen molar-refractivity contribution in [1.82, 2.24) is 9.97 Å². The Kier molecular flexibility index (Phi) is 4.56.